The maximum absolute atomic E-state index is 11.9. The Hall–Kier alpha value is -3.53. The van der Waals surface area contributed by atoms with E-state index in [9.17, 15) is 9.59 Å². The molecule has 0 atom stereocenters. The van der Waals surface area contributed by atoms with Crippen LogP contribution >= 0.6 is 0 Å². The van der Waals surface area contributed by atoms with E-state index in [-0.39, 0.29) is 6.42 Å². The second kappa shape index (κ2) is 11.2. The minimum Gasteiger partial charge on any atom is -0.490 e. The summed E-state index contributed by atoms with van der Waals surface area (Å²) < 4.78 is 16.0. The van der Waals surface area contributed by atoms with Crippen LogP contribution in [-0.2, 0) is 14.3 Å². The minimum absolute atomic E-state index is 0.124. The molecule has 0 saturated heterocycles. The van der Waals surface area contributed by atoms with Gasteiger partial charge in [-0.05, 0) is 37.6 Å². The maximum atomic E-state index is 11.9. The molecule has 0 aliphatic rings. The van der Waals surface area contributed by atoms with Crippen molar-refractivity contribution in [3.63, 3.8) is 0 Å². The van der Waals surface area contributed by atoms with Crippen molar-refractivity contribution in [2.24, 2.45) is 0 Å². The highest BCUT2D eigenvalue weighted by Crippen LogP contribution is 2.26. The van der Waals surface area contributed by atoms with Crippen molar-refractivity contribution in [2.75, 3.05) is 25.1 Å². The predicted molar refractivity (Wildman–Crippen MR) is 103 cm³/mol. The van der Waals surface area contributed by atoms with Gasteiger partial charge < -0.3 is 19.5 Å². The summed E-state index contributed by atoms with van der Waals surface area (Å²) >= 11 is 0. The zero-order valence-electron chi connectivity index (χ0n) is 15.6. The van der Waals surface area contributed by atoms with Crippen LogP contribution in [0.3, 0.4) is 0 Å². The molecule has 0 fully saturated rings. The molecular formula is C21H22N2O5. The van der Waals surface area contributed by atoms with Crippen LogP contribution in [0.4, 0.5) is 5.69 Å². The SMILES string of the molecule is CCOc1ccccc1OCCCC(=O)OCC(=O)Nc1ccccc1C#N. The summed E-state index contributed by atoms with van der Waals surface area (Å²) in [6.07, 6.45) is 0.567. The van der Waals surface area contributed by atoms with E-state index in [0.29, 0.717) is 42.4 Å². The Kier molecular flexibility index (Phi) is 8.34. The molecule has 0 saturated carbocycles. The zero-order valence-corrected chi connectivity index (χ0v) is 15.6. The number of amides is 1. The third kappa shape index (κ3) is 6.65. The number of nitrogens with one attached hydrogen (secondary N) is 1. The lowest BCUT2D eigenvalue weighted by atomic mass is 10.2. The van der Waals surface area contributed by atoms with Gasteiger partial charge in [0.05, 0.1) is 24.5 Å². The molecule has 0 aliphatic carbocycles. The molecule has 28 heavy (non-hydrogen) atoms. The minimum atomic E-state index is -0.502. The summed E-state index contributed by atoms with van der Waals surface area (Å²) in [5.74, 6) is 0.276. The van der Waals surface area contributed by atoms with E-state index in [1.807, 2.05) is 31.2 Å². The largest absolute Gasteiger partial charge is 0.490 e. The number of nitriles is 1. The van der Waals surface area contributed by atoms with E-state index < -0.39 is 18.5 Å². The number of hydrogen-bond donors (Lipinski definition) is 1. The lowest BCUT2D eigenvalue weighted by Crippen LogP contribution is -2.21. The molecule has 0 aromatic heterocycles. The lowest BCUT2D eigenvalue weighted by Gasteiger charge is -2.11. The van der Waals surface area contributed by atoms with Gasteiger partial charge in [0.2, 0.25) is 0 Å². The fraction of sp³-hybridized carbons (Fsp3) is 0.286. The van der Waals surface area contributed by atoms with Crippen molar-refractivity contribution in [2.45, 2.75) is 19.8 Å². The lowest BCUT2D eigenvalue weighted by molar-refractivity contribution is -0.147. The van der Waals surface area contributed by atoms with E-state index in [1.165, 1.54) is 0 Å². The first-order valence-electron chi connectivity index (χ1n) is 8.93. The Morgan fingerprint density at radius 3 is 2.43 bits per heavy atom. The van der Waals surface area contributed by atoms with Gasteiger partial charge in [0.1, 0.15) is 6.07 Å². The molecule has 0 aliphatic heterocycles. The van der Waals surface area contributed by atoms with Gasteiger partial charge >= 0.3 is 5.97 Å². The van der Waals surface area contributed by atoms with Crippen LogP contribution in [0.2, 0.25) is 0 Å². The summed E-state index contributed by atoms with van der Waals surface area (Å²) in [4.78, 5) is 23.6. The molecule has 2 aromatic rings. The van der Waals surface area contributed by atoms with Crippen LogP contribution in [0.15, 0.2) is 48.5 Å². The Balaban J connectivity index is 1.68. The number of hydrogen-bond acceptors (Lipinski definition) is 6. The first-order valence-corrected chi connectivity index (χ1v) is 8.93. The van der Waals surface area contributed by atoms with Crippen molar-refractivity contribution >= 4 is 17.6 Å². The van der Waals surface area contributed by atoms with Gasteiger partial charge in [0.15, 0.2) is 18.1 Å². The number of ether oxygens (including phenoxy) is 3. The molecule has 146 valence electrons. The quantitative estimate of drug-likeness (QED) is 0.500. The van der Waals surface area contributed by atoms with Gasteiger partial charge in [-0.1, -0.05) is 24.3 Å². The highest BCUT2D eigenvalue weighted by Gasteiger charge is 2.10. The molecule has 2 aromatic carbocycles. The van der Waals surface area contributed by atoms with Gasteiger partial charge in [-0.25, -0.2) is 0 Å². The van der Waals surface area contributed by atoms with Crippen LogP contribution in [0.25, 0.3) is 0 Å². The fourth-order valence-electron chi connectivity index (χ4n) is 2.34. The summed E-state index contributed by atoms with van der Waals surface area (Å²) in [5, 5.41) is 11.5. The first kappa shape index (κ1) is 20.8. The molecule has 2 rings (SSSR count). The molecule has 0 radical (unpaired) electrons. The topological polar surface area (TPSA) is 97.7 Å². The summed E-state index contributed by atoms with van der Waals surface area (Å²) in [7, 11) is 0. The number of carbonyl (C=O) groups is 2. The van der Waals surface area contributed by atoms with Gasteiger partial charge in [-0.3, -0.25) is 9.59 Å². The summed E-state index contributed by atoms with van der Waals surface area (Å²) in [5.41, 5.74) is 0.721. The van der Waals surface area contributed by atoms with E-state index >= 15 is 0 Å². The Labute approximate surface area is 163 Å². The van der Waals surface area contributed by atoms with Crippen LogP contribution in [0.5, 0.6) is 11.5 Å². The molecular weight excluding hydrogens is 360 g/mol. The summed E-state index contributed by atoms with van der Waals surface area (Å²) in [6.45, 7) is 2.34. The molecule has 1 amide bonds. The van der Waals surface area contributed by atoms with Crippen LogP contribution in [-0.4, -0.2) is 31.7 Å². The second-order valence-electron chi connectivity index (χ2n) is 5.70. The Morgan fingerprint density at radius 2 is 1.71 bits per heavy atom. The number of nitrogens with zero attached hydrogens (tertiary/aromatic N) is 1. The molecule has 7 heteroatoms. The van der Waals surface area contributed by atoms with Crippen molar-refractivity contribution in [1.82, 2.24) is 0 Å². The van der Waals surface area contributed by atoms with Crippen molar-refractivity contribution < 1.29 is 23.8 Å². The number of esters is 1. The maximum Gasteiger partial charge on any atom is 0.306 e. The monoisotopic (exact) mass is 382 g/mol. The number of carbonyl (C=O) groups excluding carboxylic acids is 2. The van der Waals surface area contributed by atoms with Crippen molar-refractivity contribution in [3.05, 3.63) is 54.1 Å². The number of anilines is 1. The molecule has 0 bridgehead atoms. The highest BCUT2D eigenvalue weighted by atomic mass is 16.5. The highest BCUT2D eigenvalue weighted by molar-refractivity contribution is 5.93. The smallest absolute Gasteiger partial charge is 0.306 e. The van der Waals surface area contributed by atoms with Gasteiger partial charge in [0.25, 0.3) is 5.91 Å². The number of para-hydroxylation sites is 3. The first-order chi connectivity index (χ1) is 13.6. The van der Waals surface area contributed by atoms with E-state index in [2.05, 4.69) is 5.32 Å². The second-order valence-corrected chi connectivity index (χ2v) is 5.70. The Bertz CT molecular complexity index is 845. The average molecular weight is 382 g/mol. The van der Waals surface area contributed by atoms with Gasteiger partial charge in [-0.2, -0.15) is 5.26 Å². The van der Waals surface area contributed by atoms with Gasteiger partial charge in [0, 0.05) is 6.42 Å². The predicted octanol–water partition coefficient (Wildman–Crippen LogP) is 3.30. The normalized spacial score (nSPS) is 9.86. The van der Waals surface area contributed by atoms with Gasteiger partial charge in [-0.15, -0.1) is 0 Å². The van der Waals surface area contributed by atoms with E-state index in [1.54, 1.807) is 30.3 Å². The number of rotatable bonds is 10. The molecule has 0 unspecified atom stereocenters. The standard InChI is InChI=1S/C21H22N2O5/c1-2-26-18-10-5-6-11-19(18)27-13-7-12-21(25)28-15-20(24)23-17-9-4-3-8-16(17)14-22/h3-6,8-11H,2,7,12-13,15H2,1H3,(H,23,24). The third-order valence-electron chi connectivity index (χ3n) is 3.62. The average Bonchev–Trinajstić information content (AvgIpc) is 2.71. The van der Waals surface area contributed by atoms with Crippen LogP contribution in [0.1, 0.15) is 25.3 Å². The third-order valence-corrected chi connectivity index (χ3v) is 3.62. The summed E-state index contributed by atoms with van der Waals surface area (Å²) in [6, 6.07) is 15.9. The zero-order chi connectivity index (χ0) is 20.2. The van der Waals surface area contributed by atoms with E-state index in [4.69, 9.17) is 19.5 Å². The molecule has 0 spiro atoms. The molecule has 1 N–H and O–H groups in total. The van der Waals surface area contributed by atoms with Crippen LogP contribution in [0, 0.1) is 11.3 Å². The Morgan fingerprint density at radius 1 is 1.04 bits per heavy atom. The van der Waals surface area contributed by atoms with Crippen molar-refractivity contribution in [1.29, 1.82) is 5.26 Å². The van der Waals surface area contributed by atoms with Crippen LogP contribution < -0.4 is 14.8 Å². The molecule has 7 nitrogen and oxygen atoms in total. The fourth-order valence-corrected chi connectivity index (χ4v) is 2.34. The number of benzene rings is 2. The van der Waals surface area contributed by atoms with Crippen molar-refractivity contribution in [3.8, 4) is 17.6 Å². The molecule has 0 heterocycles. The van der Waals surface area contributed by atoms with E-state index in [0.717, 1.165) is 0 Å².